The van der Waals surface area contributed by atoms with E-state index in [2.05, 4.69) is 5.32 Å². The zero-order valence-corrected chi connectivity index (χ0v) is 14.4. The molecule has 6 heteroatoms. The fourth-order valence-corrected chi connectivity index (χ4v) is 2.42. The van der Waals surface area contributed by atoms with Gasteiger partial charge in [0.2, 0.25) is 0 Å². The third kappa shape index (κ3) is 4.55. The Kier molecular flexibility index (Phi) is 6.32. The first-order valence-corrected chi connectivity index (χ1v) is 7.99. The Morgan fingerprint density at radius 2 is 2.00 bits per heavy atom. The quantitative estimate of drug-likeness (QED) is 0.737. The highest BCUT2D eigenvalue weighted by Crippen LogP contribution is 2.29. The van der Waals surface area contributed by atoms with E-state index in [1.54, 1.807) is 19.2 Å². The van der Waals surface area contributed by atoms with E-state index in [1.807, 2.05) is 25.1 Å². The summed E-state index contributed by atoms with van der Waals surface area (Å²) in [5.74, 6) is 0.359. The average molecular weight is 350 g/mol. The van der Waals surface area contributed by atoms with E-state index in [-0.39, 0.29) is 10.6 Å². The molecule has 0 fully saturated rings. The SMILES string of the molecule is CCCOc1ccc(CNc2ccc(C(=O)O)c(Cl)c2)cc1OC. The van der Waals surface area contributed by atoms with E-state index in [9.17, 15) is 4.79 Å². The van der Waals surface area contributed by atoms with Crippen molar-refractivity contribution in [3.63, 3.8) is 0 Å². The van der Waals surface area contributed by atoms with Crippen molar-refractivity contribution >= 4 is 23.3 Å². The standard InChI is InChI=1S/C18H20ClNO4/c1-3-8-24-16-7-4-12(9-17(16)23-2)11-20-13-5-6-14(18(21)22)15(19)10-13/h4-7,9-10,20H,3,8,11H2,1-2H3,(H,21,22). The number of aromatic carboxylic acids is 1. The molecule has 0 saturated heterocycles. The summed E-state index contributed by atoms with van der Waals surface area (Å²) in [6.07, 6.45) is 0.930. The van der Waals surface area contributed by atoms with Gasteiger partial charge in [-0.25, -0.2) is 4.79 Å². The van der Waals surface area contributed by atoms with Gasteiger partial charge in [-0.15, -0.1) is 0 Å². The molecule has 5 nitrogen and oxygen atoms in total. The number of hydrogen-bond donors (Lipinski definition) is 2. The van der Waals surface area contributed by atoms with Gasteiger partial charge >= 0.3 is 5.97 Å². The molecular weight excluding hydrogens is 330 g/mol. The summed E-state index contributed by atoms with van der Waals surface area (Å²) in [4.78, 5) is 11.0. The van der Waals surface area contributed by atoms with Crippen molar-refractivity contribution in [2.24, 2.45) is 0 Å². The third-order valence-corrected chi connectivity index (χ3v) is 3.70. The van der Waals surface area contributed by atoms with Gasteiger partial charge in [0.15, 0.2) is 11.5 Å². The molecule has 2 rings (SSSR count). The van der Waals surface area contributed by atoms with Gasteiger partial charge in [0.05, 0.1) is 24.3 Å². The second-order valence-corrected chi connectivity index (χ2v) is 5.59. The van der Waals surface area contributed by atoms with Crippen LogP contribution in [0.5, 0.6) is 11.5 Å². The lowest BCUT2D eigenvalue weighted by molar-refractivity contribution is 0.0697. The highest BCUT2D eigenvalue weighted by Gasteiger charge is 2.09. The van der Waals surface area contributed by atoms with Crippen LogP contribution in [-0.2, 0) is 6.54 Å². The van der Waals surface area contributed by atoms with Crippen molar-refractivity contribution in [2.45, 2.75) is 19.9 Å². The molecule has 0 aliphatic heterocycles. The molecule has 0 unspecified atom stereocenters. The molecule has 0 saturated carbocycles. The minimum atomic E-state index is -1.04. The number of anilines is 1. The van der Waals surface area contributed by atoms with Gasteiger partial charge in [-0.2, -0.15) is 0 Å². The second kappa shape index (κ2) is 8.45. The summed E-state index contributed by atoms with van der Waals surface area (Å²) < 4.78 is 11.0. The molecular formula is C18H20ClNO4. The summed E-state index contributed by atoms with van der Waals surface area (Å²) in [7, 11) is 1.61. The zero-order chi connectivity index (χ0) is 17.5. The van der Waals surface area contributed by atoms with Crippen molar-refractivity contribution in [3.05, 3.63) is 52.5 Å². The van der Waals surface area contributed by atoms with E-state index in [1.165, 1.54) is 6.07 Å². The smallest absolute Gasteiger partial charge is 0.337 e. The Labute approximate surface area is 146 Å². The number of rotatable bonds is 8. The maximum absolute atomic E-state index is 11.0. The lowest BCUT2D eigenvalue weighted by Crippen LogP contribution is -2.03. The Morgan fingerprint density at radius 3 is 2.62 bits per heavy atom. The van der Waals surface area contributed by atoms with Crippen LogP contribution in [0.4, 0.5) is 5.69 Å². The van der Waals surface area contributed by atoms with Crippen molar-refractivity contribution in [1.82, 2.24) is 0 Å². The lowest BCUT2D eigenvalue weighted by atomic mass is 10.1. The minimum Gasteiger partial charge on any atom is -0.493 e. The normalized spacial score (nSPS) is 10.3. The van der Waals surface area contributed by atoms with Gasteiger partial charge in [-0.05, 0) is 42.3 Å². The van der Waals surface area contributed by atoms with E-state index >= 15 is 0 Å². The molecule has 2 aromatic carbocycles. The Morgan fingerprint density at radius 1 is 1.21 bits per heavy atom. The lowest BCUT2D eigenvalue weighted by Gasteiger charge is -2.13. The zero-order valence-electron chi connectivity index (χ0n) is 13.6. The molecule has 0 heterocycles. The van der Waals surface area contributed by atoms with Crippen LogP contribution in [0.1, 0.15) is 29.3 Å². The van der Waals surface area contributed by atoms with Gasteiger partial charge in [0, 0.05) is 12.2 Å². The molecule has 2 N–H and O–H groups in total. The second-order valence-electron chi connectivity index (χ2n) is 5.19. The monoisotopic (exact) mass is 349 g/mol. The Bertz CT molecular complexity index is 718. The fourth-order valence-electron chi connectivity index (χ4n) is 2.16. The number of hydrogen-bond acceptors (Lipinski definition) is 4. The molecule has 24 heavy (non-hydrogen) atoms. The van der Waals surface area contributed by atoms with Crippen LogP contribution in [0.2, 0.25) is 5.02 Å². The maximum Gasteiger partial charge on any atom is 0.337 e. The molecule has 0 aromatic heterocycles. The first-order valence-electron chi connectivity index (χ1n) is 7.61. The summed E-state index contributed by atoms with van der Waals surface area (Å²) in [5.41, 5.74) is 1.84. The molecule has 0 amide bonds. The van der Waals surface area contributed by atoms with Crippen LogP contribution < -0.4 is 14.8 Å². The molecule has 0 atom stereocenters. The third-order valence-electron chi connectivity index (χ3n) is 3.39. The number of carboxylic acids is 1. The maximum atomic E-state index is 11.0. The number of methoxy groups -OCH3 is 1. The number of carbonyl (C=O) groups is 1. The molecule has 128 valence electrons. The van der Waals surface area contributed by atoms with Gasteiger partial charge in [0.25, 0.3) is 0 Å². The van der Waals surface area contributed by atoms with Crippen molar-refractivity contribution in [3.8, 4) is 11.5 Å². The Balaban J connectivity index is 2.06. The largest absolute Gasteiger partial charge is 0.493 e. The first kappa shape index (κ1) is 17.9. The van der Waals surface area contributed by atoms with Crippen LogP contribution in [0.15, 0.2) is 36.4 Å². The summed E-state index contributed by atoms with van der Waals surface area (Å²) in [5, 5.41) is 12.4. The summed E-state index contributed by atoms with van der Waals surface area (Å²) in [6.45, 7) is 3.24. The van der Waals surface area contributed by atoms with Crippen LogP contribution in [0, 0.1) is 0 Å². The van der Waals surface area contributed by atoms with Crippen molar-refractivity contribution < 1.29 is 19.4 Å². The number of halogens is 1. The van der Waals surface area contributed by atoms with Gasteiger partial charge in [0.1, 0.15) is 0 Å². The predicted molar refractivity (Wildman–Crippen MR) is 94.5 cm³/mol. The van der Waals surface area contributed by atoms with Crippen LogP contribution >= 0.6 is 11.6 Å². The van der Waals surface area contributed by atoms with Crippen LogP contribution in [-0.4, -0.2) is 24.8 Å². The molecule has 0 bridgehead atoms. The highest BCUT2D eigenvalue weighted by atomic mass is 35.5. The van der Waals surface area contributed by atoms with Crippen molar-refractivity contribution in [2.75, 3.05) is 19.0 Å². The molecule has 0 aliphatic rings. The van der Waals surface area contributed by atoms with Crippen LogP contribution in [0.25, 0.3) is 0 Å². The first-order chi connectivity index (χ1) is 11.5. The van der Waals surface area contributed by atoms with Crippen LogP contribution in [0.3, 0.4) is 0 Å². The summed E-state index contributed by atoms with van der Waals surface area (Å²) in [6, 6.07) is 10.5. The molecule has 2 aromatic rings. The van der Waals surface area contributed by atoms with E-state index in [0.717, 1.165) is 23.4 Å². The number of benzene rings is 2. The van der Waals surface area contributed by atoms with Gasteiger partial charge < -0.3 is 19.9 Å². The Hall–Kier alpha value is -2.40. The molecule has 0 aliphatic carbocycles. The van der Waals surface area contributed by atoms with E-state index in [0.29, 0.717) is 18.9 Å². The predicted octanol–water partition coefficient (Wildman–Crippen LogP) is 4.45. The van der Waals surface area contributed by atoms with Gasteiger partial charge in [-0.1, -0.05) is 24.6 Å². The van der Waals surface area contributed by atoms with E-state index < -0.39 is 5.97 Å². The van der Waals surface area contributed by atoms with Gasteiger partial charge in [-0.3, -0.25) is 0 Å². The average Bonchev–Trinajstić information content (AvgIpc) is 2.58. The molecule has 0 radical (unpaired) electrons. The highest BCUT2D eigenvalue weighted by molar-refractivity contribution is 6.33. The van der Waals surface area contributed by atoms with E-state index in [4.69, 9.17) is 26.2 Å². The fraction of sp³-hybridized carbons (Fsp3) is 0.278. The number of nitrogens with one attached hydrogen (secondary N) is 1. The minimum absolute atomic E-state index is 0.0845. The number of ether oxygens (including phenoxy) is 2. The topological polar surface area (TPSA) is 67.8 Å². The van der Waals surface area contributed by atoms with Crippen molar-refractivity contribution in [1.29, 1.82) is 0 Å². The molecule has 0 spiro atoms. The summed E-state index contributed by atoms with van der Waals surface area (Å²) >= 11 is 5.97. The number of carboxylic acid groups (broad SMARTS) is 1.